The molecule has 0 aliphatic rings. The summed E-state index contributed by atoms with van der Waals surface area (Å²) >= 11 is 0. The van der Waals surface area contributed by atoms with Gasteiger partial charge < -0.3 is 15.0 Å². The molecule has 12 heteroatoms. The maximum absolute atomic E-state index is 11.5. The molecule has 1 aromatic heterocycles. The van der Waals surface area contributed by atoms with Crippen LogP contribution in [-0.4, -0.2) is 41.4 Å². The molecule has 0 fully saturated rings. The van der Waals surface area contributed by atoms with Gasteiger partial charge in [-0.2, -0.15) is 0 Å². The van der Waals surface area contributed by atoms with E-state index in [0.29, 0.717) is 5.75 Å². The molecule has 0 saturated heterocycles. The molecule has 2 aromatic carbocycles. The van der Waals surface area contributed by atoms with Crippen molar-refractivity contribution in [3.8, 4) is 5.75 Å². The van der Waals surface area contributed by atoms with E-state index in [4.69, 9.17) is 4.74 Å². The molecule has 12 nitrogen and oxygen atoms in total. The Kier molecular flexibility index (Phi) is 4.46. The average Bonchev–Trinajstić information content (AvgIpc) is 3.10. The molecule has 0 atom stereocenters. The Balaban J connectivity index is 2.19. The number of nitrogens with one attached hydrogen (secondary N) is 1. The van der Waals surface area contributed by atoms with Gasteiger partial charge in [-0.05, 0) is 28.5 Å². The highest BCUT2D eigenvalue weighted by molar-refractivity contribution is 6.01. The first-order valence-electron chi connectivity index (χ1n) is 7.54. The summed E-state index contributed by atoms with van der Waals surface area (Å²) in [5.74, 6) is 0.318. The van der Waals surface area contributed by atoms with E-state index in [2.05, 4.69) is 20.3 Å². The molecule has 3 rings (SSSR count). The molecule has 3 aromatic rings. The van der Waals surface area contributed by atoms with Gasteiger partial charge in [0.25, 0.3) is 5.69 Å². The molecule has 0 radical (unpaired) electrons. The molecule has 1 N–H and O–H groups in total. The lowest BCUT2D eigenvalue weighted by Gasteiger charge is -2.15. The lowest BCUT2D eigenvalue weighted by molar-refractivity contribution is -0.384. The highest BCUT2D eigenvalue weighted by Crippen LogP contribution is 2.40. The van der Waals surface area contributed by atoms with Crippen molar-refractivity contribution in [1.82, 2.24) is 10.3 Å². The Morgan fingerprint density at radius 2 is 1.78 bits per heavy atom. The minimum absolute atomic E-state index is 0.0649. The van der Waals surface area contributed by atoms with Crippen molar-refractivity contribution in [1.29, 1.82) is 0 Å². The van der Waals surface area contributed by atoms with Gasteiger partial charge in [0, 0.05) is 14.1 Å². The molecular formula is C15H14N6O6. The number of hydrogen-bond donors (Lipinski definition) is 1. The maximum Gasteiger partial charge on any atom is 0.323 e. The molecule has 0 amide bonds. The number of aromatic nitrogens is 2. The van der Waals surface area contributed by atoms with Gasteiger partial charge in [0.05, 0.1) is 28.7 Å². The summed E-state index contributed by atoms with van der Waals surface area (Å²) in [6.45, 7) is 0. The van der Waals surface area contributed by atoms with Crippen LogP contribution in [0.5, 0.6) is 5.75 Å². The SMILES string of the molecule is COc1ccc(Nc2cc(N(C)C)c([N+](=O)[O-])c3nonc23)c([N+](=O)[O-])c1. The summed E-state index contributed by atoms with van der Waals surface area (Å²) < 4.78 is 9.68. The van der Waals surface area contributed by atoms with Gasteiger partial charge in [-0.1, -0.05) is 0 Å². The molecule has 1 heterocycles. The summed E-state index contributed by atoms with van der Waals surface area (Å²) in [5, 5.41) is 33.1. The van der Waals surface area contributed by atoms with Gasteiger partial charge in [-0.3, -0.25) is 20.2 Å². The Hall–Kier alpha value is -3.96. The van der Waals surface area contributed by atoms with Crippen molar-refractivity contribution >= 4 is 39.5 Å². The van der Waals surface area contributed by atoms with Crippen molar-refractivity contribution in [2.45, 2.75) is 0 Å². The summed E-state index contributed by atoms with van der Waals surface area (Å²) in [6.07, 6.45) is 0. The van der Waals surface area contributed by atoms with E-state index in [1.165, 1.54) is 30.2 Å². The van der Waals surface area contributed by atoms with Crippen molar-refractivity contribution in [2.75, 3.05) is 31.4 Å². The van der Waals surface area contributed by atoms with Crippen molar-refractivity contribution < 1.29 is 19.2 Å². The summed E-state index contributed by atoms with van der Waals surface area (Å²) in [4.78, 5) is 23.2. The topological polar surface area (TPSA) is 150 Å². The number of nitro groups is 2. The third-order valence-electron chi connectivity index (χ3n) is 3.83. The third-order valence-corrected chi connectivity index (χ3v) is 3.83. The van der Waals surface area contributed by atoms with Gasteiger partial charge in [0.15, 0.2) is 5.52 Å². The van der Waals surface area contributed by atoms with Gasteiger partial charge in [0.2, 0.25) is 5.52 Å². The summed E-state index contributed by atoms with van der Waals surface area (Å²) in [5.41, 5.74) is 0.177. The standard InChI is InChI=1S/C15H14N6O6/c1-19(2)12-7-10(13-14(18-27-17-13)15(12)21(24)25)16-9-5-4-8(26-3)6-11(9)20(22)23/h4-7,16H,1-3H3. The second-order valence-electron chi connectivity index (χ2n) is 5.67. The zero-order chi connectivity index (χ0) is 19.7. The predicted octanol–water partition coefficient (Wildman–Crippen LogP) is 2.86. The number of benzene rings is 2. The van der Waals surface area contributed by atoms with Gasteiger partial charge in [0.1, 0.15) is 17.1 Å². The number of hydrogen-bond acceptors (Lipinski definition) is 10. The predicted molar refractivity (Wildman–Crippen MR) is 95.7 cm³/mol. The Morgan fingerprint density at radius 1 is 1.07 bits per heavy atom. The van der Waals surface area contributed by atoms with Crippen LogP contribution >= 0.6 is 0 Å². The molecule has 27 heavy (non-hydrogen) atoms. The Labute approximate surface area is 151 Å². The number of methoxy groups -OCH3 is 1. The highest BCUT2D eigenvalue weighted by atomic mass is 16.6. The summed E-state index contributed by atoms with van der Waals surface area (Å²) in [6, 6.07) is 5.73. The monoisotopic (exact) mass is 374 g/mol. The van der Waals surface area contributed by atoms with Crippen LogP contribution in [0.2, 0.25) is 0 Å². The zero-order valence-corrected chi connectivity index (χ0v) is 14.5. The molecular weight excluding hydrogens is 360 g/mol. The van der Waals surface area contributed by atoms with Crippen LogP contribution in [0.4, 0.5) is 28.4 Å². The Bertz CT molecular complexity index is 1050. The second kappa shape index (κ2) is 6.74. The number of anilines is 3. The average molecular weight is 374 g/mol. The van der Waals surface area contributed by atoms with Crippen LogP contribution in [0.25, 0.3) is 11.0 Å². The number of ether oxygens (including phenoxy) is 1. The first kappa shape index (κ1) is 17.8. The van der Waals surface area contributed by atoms with E-state index in [1.807, 2.05) is 0 Å². The molecule has 0 aliphatic carbocycles. The number of rotatable bonds is 6. The Morgan fingerprint density at radius 3 is 2.37 bits per heavy atom. The van der Waals surface area contributed by atoms with E-state index in [-0.39, 0.29) is 39.5 Å². The minimum Gasteiger partial charge on any atom is -0.496 e. The van der Waals surface area contributed by atoms with Gasteiger partial charge >= 0.3 is 5.69 Å². The van der Waals surface area contributed by atoms with E-state index in [9.17, 15) is 20.2 Å². The fourth-order valence-corrected chi connectivity index (χ4v) is 2.57. The normalized spacial score (nSPS) is 10.6. The van der Waals surface area contributed by atoms with Crippen molar-refractivity contribution in [2.24, 2.45) is 0 Å². The number of fused-ring (bicyclic) bond motifs is 1. The first-order chi connectivity index (χ1) is 12.8. The molecule has 140 valence electrons. The van der Waals surface area contributed by atoms with Crippen LogP contribution in [0.1, 0.15) is 0 Å². The molecule has 0 unspecified atom stereocenters. The van der Waals surface area contributed by atoms with E-state index in [0.717, 1.165) is 0 Å². The molecule has 0 saturated carbocycles. The lowest BCUT2D eigenvalue weighted by atomic mass is 10.1. The van der Waals surface area contributed by atoms with Crippen LogP contribution in [0.3, 0.4) is 0 Å². The van der Waals surface area contributed by atoms with E-state index in [1.54, 1.807) is 20.2 Å². The van der Waals surface area contributed by atoms with Crippen molar-refractivity contribution in [3.05, 3.63) is 44.5 Å². The maximum atomic E-state index is 11.5. The van der Waals surface area contributed by atoms with Crippen LogP contribution in [0.15, 0.2) is 28.9 Å². The minimum atomic E-state index is -0.582. The lowest BCUT2D eigenvalue weighted by Crippen LogP contribution is -2.12. The fraction of sp³-hybridized carbons (Fsp3) is 0.200. The smallest absolute Gasteiger partial charge is 0.323 e. The third kappa shape index (κ3) is 3.15. The number of nitrogens with zero attached hydrogens (tertiary/aromatic N) is 5. The summed E-state index contributed by atoms with van der Waals surface area (Å²) in [7, 11) is 4.65. The van der Waals surface area contributed by atoms with Gasteiger partial charge in [-0.15, -0.1) is 0 Å². The van der Waals surface area contributed by atoms with Crippen LogP contribution < -0.4 is 15.0 Å². The van der Waals surface area contributed by atoms with Crippen molar-refractivity contribution in [3.63, 3.8) is 0 Å². The highest BCUT2D eigenvalue weighted by Gasteiger charge is 2.27. The van der Waals surface area contributed by atoms with Crippen LogP contribution in [0, 0.1) is 20.2 Å². The van der Waals surface area contributed by atoms with E-state index < -0.39 is 9.85 Å². The fourth-order valence-electron chi connectivity index (χ4n) is 2.57. The second-order valence-corrected chi connectivity index (χ2v) is 5.67. The van der Waals surface area contributed by atoms with E-state index >= 15 is 0 Å². The zero-order valence-electron chi connectivity index (χ0n) is 14.5. The quantitative estimate of drug-likeness (QED) is 0.504. The molecule has 0 spiro atoms. The van der Waals surface area contributed by atoms with Gasteiger partial charge in [-0.25, -0.2) is 4.63 Å². The number of nitro benzene ring substituents is 2. The molecule has 0 aliphatic heterocycles. The van der Waals surface area contributed by atoms with Crippen LogP contribution in [-0.2, 0) is 0 Å². The molecule has 0 bridgehead atoms. The first-order valence-corrected chi connectivity index (χ1v) is 7.54. The largest absolute Gasteiger partial charge is 0.496 e.